The Labute approximate surface area is 144 Å². The second kappa shape index (κ2) is 6.93. The van der Waals surface area contributed by atoms with E-state index in [1.807, 2.05) is 48.2 Å². The monoisotopic (exact) mass is 329 g/mol. The minimum absolute atomic E-state index is 0.103. The van der Waals surface area contributed by atoms with Gasteiger partial charge in [-0.25, -0.2) is 0 Å². The summed E-state index contributed by atoms with van der Waals surface area (Å²) >= 11 is 0. The van der Waals surface area contributed by atoms with Crippen LogP contribution >= 0.6 is 0 Å². The van der Waals surface area contributed by atoms with Crippen LogP contribution < -0.4 is 0 Å². The van der Waals surface area contributed by atoms with Gasteiger partial charge < -0.3 is 14.7 Å². The zero-order valence-electron chi connectivity index (χ0n) is 14.9. The fraction of sp³-hybridized carbons (Fsp3) is 0.579. The summed E-state index contributed by atoms with van der Waals surface area (Å²) in [4.78, 5) is 30.7. The number of carbonyl (C=O) groups is 2. The second-order valence-electron chi connectivity index (χ2n) is 7.41. The molecule has 130 valence electrons. The molecule has 0 aliphatic carbocycles. The maximum absolute atomic E-state index is 13.0. The maximum Gasteiger partial charge on any atom is 0.254 e. The van der Waals surface area contributed by atoms with E-state index in [-0.39, 0.29) is 17.9 Å². The molecule has 2 amide bonds. The van der Waals surface area contributed by atoms with Gasteiger partial charge in [-0.05, 0) is 50.6 Å². The van der Waals surface area contributed by atoms with E-state index >= 15 is 0 Å². The quantitative estimate of drug-likeness (QED) is 0.850. The van der Waals surface area contributed by atoms with E-state index in [1.165, 1.54) is 5.56 Å². The number of hydrogen-bond donors (Lipinski definition) is 0. The highest BCUT2D eigenvalue weighted by atomic mass is 16.2. The van der Waals surface area contributed by atoms with Crippen LogP contribution in [0.3, 0.4) is 0 Å². The normalized spacial score (nSPS) is 23.5. The van der Waals surface area contributed by atoms with Crippen molar-refractivity contribution < 1.29 is 9.59 Å². The van der Waals surface area contributed by atoms with Crippen LogP contribution in [0.15, 0.2) is 24.3 Å². The van der Waals surface area contributed by atoms with Crippen LogP contribution in [-0.4, -0.2) is 66.3 Å². The molecule has 0 aromatic heterocycles. The molecule has 3 aliphatic heterocycles. The Hall–Kier alpha value is -1.88. The summed E-state index contributed by atoms with van der Waals surface area (Å²) < 4.78 is 0. The third-order valence-corrected chi connectivity index (χ3v) is 5.12. The predicted molar refractivity (Wildman–Crippen MR) is 93.6 cm³/mol. The molecular formula is C19H27N3O2. The molecule has 0 saturated carbocycles. The number of piperidine rings is 1. The van der Waals surface area contributed by atoms with Crippen LogP contribution in [-0.2, 0) is 11.3 Å². The topological polar surface area (TPSA) is 43.9 Å². The fourth-order valence-electron chi connectivity index (χ4n) is 3.87. The molecule has 0 unspecified atom stereocenters. The number of benzene rings is 1. The SMILES string of the molecule is CC(=O)N1C[C@@H]2CC[C@H](C1)N(C(=O)c1ccc(CN(C)C)cc1)C2. The van der Waals surface area contributed by atoms with Crippen LogP contribution in [0.1, 0.15) is 35.7 Å². The largest absolute Gasteiger partial charge is 0.341 e. The van der Waals surface area contributed by atoms with E-state index in [4.69, 9.17) is 0 Å². The molecule has 3 fully saturated rings. The molecule has 0 radical (unpaired) electrons. The van der Waals surface area contributed by atoms with Gasteiger partial charge in [-0.1, -0.05) is 12.1 Å². The van der Waals surface area contributed by atoms with E-state index in [1.54, 1.807) is 6.92 Å². The van der Waals surface area contributed by atoms with Crippen molar-refractivity contribution in [2.45, 2.75) is 32.4 Å². The number of amides is 2. The van der Waals surface area contributed by atoms with Gasteiger partial charge in [0.15, 0.2) is 0 Å². The summed E-state index contributed by atoms with van der Waals surface area (Å²) in [7, 11) is 4.07. The Morgan fingerprint density at radius 2 is 1.79 bits per heavy atom. The predicted octanol–water partition coefficient (Wildman–Crippen LogP) is 1.83. The molecule has 2 bridgehead atoms. The molecule has 3 aliphatic rings. The molecule has 0 spiro atoms. The van der Waals surface area contributed by atoms with Crippen LogP contribution in [0.25, 0.3) is 0 Å². The first-order valence-corrected chi connectivity index (χ1v) is 8.74. The van der Waals surface area contributed by atoms with Gasteiger partial charge in [0.1, 0.15) is 0 Å². The summed E-state index contributed by atoms with van der Waals surface area (Å²) in [5.74, 6) is 0.630. The Bertz CT molecular complexity index is 612. The Morgan fingerprint density at radius 3 is 2.42 bits per heavy atom. The molecular weight excluding hydrogens is 302 g/mol. The van der Waals surface area contributed by atoms with Gasteiger partial charge in [0.25, 0.3) is 5.91 Å². The molecule has 1 aromatic rings. The second-order valence-corrected chi connectivity index (χ2v) is 7.41. The minimum atomic E-state index is 0.103. The van der Waals surface area contributed by atoms with Crippen molar-refractivity contribution in [3.8, 4) is 0 Å². The van der Waals surface area contributed by atoms with Crippen molar-refractivity contribution in [2.75, 3.05) is 33.7 Å². The zero-order chi connectivity index (χ0) is 17.3. The number of hydrogen-bond acceptors (Lipinski definition) is 3. The molecule has 4 rings (SSSR count). The fourth-order valence-corrected chi connectivity index (χ4v) is 3.87. The molecule has 2 atom stereocenters. The summed E-state index contributed by atoms with van der Waals surface area (Å²) in [6.45, 7) is 4.73. The van der Waals surface area contributed by atoms with Crippen LogP contribution in [0, 0.1) is 5.92 Å². The number of fused-ring (bicyclic) bond motifs is 4. The molecule has 1 aromatic carbocycles. The molecule has 5 heteroatoms. The highest BCUT2D eigenvalue weighted by molar-refractivity contribution is 5.94. The Morgan fingerprint density at radius 1 is 1.08 bits per heavy atom. The van der Waals surface area contributed by atoms with Gasteiger partial charge in [0.2, 0.25) is 5.91 Å². The zero-order valence-corrected chi connectivity index (χ0v) is 14.9. The molecule has 5 nitrogen and oxygen atoms in total. The standard InChI is InChI=1S/C19H27N3O2/c1-14(23)21-11-16-6-9-18(13-21)22(12-16)19(24)17-7-4-15(5-8-17)10-20(2)3/h4-5,7-8,16,18H,6,9-13H2,1-3H3/t16-,18+/m0/s1. The first-order valence-electron chi connectivity index (χ1n) is 8.74. The van der Waals surface area contributed by atoms with E-state index in [9.17, 15) is 9.59 Å². The average molecular weight is 329 g/mol. The Balaban J connectivity index is 1.74. The average Bonchev–Trinajstić information content (AvgIpc) is 2.86. The first-order chi connectivity index (χ1) is 11.4. The smallest absolute Gasteiger partial charge is 0.254 e. The molecule has 24 heavy (non-hydrogen) atoms. The van der Waals surface area contributed by atoms with E-state index in [0.29, 0.717) is 12.5 Å². The third kappa shape index (κ3) is 3.61. The van der Waals surface area contributed by atoms with Crippen molar-refractivity contribution >= 4 is 11.8 Å². The van der Waals surface area contributed by atoms with Crippen LogP contribution in [0.4, 0.5) is 0 Å². The van der Waals surface area contributed by atoms with E-state index in [0.717, 1.165) is 38.0 Å². The summed E-state index contributed by atoms with van der Waals surface area (Å²) in [6.07, 6.45) is 2.11. The van der Waals surface area contributed by atoms with Crippen LogP contribution in [0.2, 0.25) is 0 Å². The van der Waals surface area contributed by atoms with Gasteiger partial charge in [-0.15, -0.1) is 0 Å². The summed E-state index contributed by atoms with van der Waals surface area (Å²) in [5.41, 5.74) is 1.95. The number of carbonyl (C=O) groups excluding carboxylic acids is 2. The van der Waals surface area contributed by atoms with Gasteiger partial charge in [0.05, 0.1) is 0 Å². The number of rotatable bonds is 3. The van der Waals surface area contributed by atoms with Crippen molar-refractivity contribution in [3.05, 3.63) is 35.4 Å². The van der Waals surface area contributed by atoms with Crippen molar-refractivity contribution in [1.82, 2.24) is 14.7 Å². The highest BCUT2D eigenvalue weighted by Gasteiger charge is 2.38. The lowest BCUT2D eigenvalue weighted by atomic mass is 9.94. The minimum Gasteiger partial charge on any atom is -0.341 e. The lowest BCUT2D eigenvalue weighted by molar-refractivity contribution is -0.129. The third-order valence-electron chi connectivity index (χ3n) is 5.12. The number of nitrogens with zero attached hydrogens (tertiary/aromatic N) is 3. The van der Waals surface area contributed by atoms with Gasteiger partial charge >= 0.3 is 0 Å². The van der Waals surface area contributed by atoms with Crippen molar-refractivity contribution in [3.63, 3.8) is 0 Å². The maximum atomic E-state index is 13.0. The summed E-state index contributed by atoms with van der Waals surface area (Å²) in [6, 6.07) is 8.09. The van der Waals surface area contributed by atoms with Gasteiger partial charge in [0, 0.05) is 44.7 Å². The summed E-state index contributed by atoms with van der Waals surface area (Å²) in [5, 5.41) is 0. The van der Waals surface area contributed by atoms with Crippen molar-refractivity contribution in [1.29, 1.82) is 0 Å². The van der Waals surface area contributed by atoms with Gasteiger partial charge in [-0.2, -0.15) is 0 Å². The lowest BCUT2D eigenvalue weighted by Gasteiger charge is -2.36. The Kier molecular flexibility index (Phi) is 4.90. The van der Waals surface area contributed by atoms with E-state index < -0.39 is 0 Å². The highest BCUT2D eigenvalue weighted by Crippen LogP contribution is 2.29. The molecule has 0 N–H and O–H groups in total. The first kappa shape index (κ1) is 17.0. The lowest BCUT2D eigenvalue weighted by Crippen LogP contribution is -2.47. The molecule has 3 saturated heterocycles. The molecule has 3 heterocycles. The van der Waals surface area contributed by atoms with Gasteiger partial charge in [-0.3, -0.25) is 9.59 Å². The van der Waals surface area contributed by atoms with Crippen LogP contribution in [0.5, 0.6) is 0 Å². The van der Waals surface area contributed by atoms with E-state index in [2.05, 4.69) is 4.90 Å². The van der Waals surface area contributed by atoms with Crippen molar-refractivity contribution in [2.24, 2.45) is 5.92 Å².